The van der Waals surface area contributed by atoms with Crippen molar-refractivity contribution in [2.24, 2.45) is 0 Å². The molecular weight excluding hydrogens is 324 g/mol. The van der Waals surface area contributed by atoms with Gasteiger partial charge < -0.3 is 10.6 Å². The van der Waals surface area contributed by atoms with Crippen molar-refractivity contribution >= 4 is 16.9 Å². The second-order valence-corrected chi connectivity index (χ2v) is 6.45. The van der Waals surface area contributed by atoms with Crippen LogP contribution in [0, 0.1) is 0 Å². The van der Waals surface area contributed by atoms with E-state index in [9.17, 15) is 4.79 Å². The van der Waals surface area contributed by atoms with Crippen LogP contribution in [0.25, 0.3) is 16.7 Å². The number of hydrogen-bond acceptors (Lipinski definition) is 3. The number of amides is 1. The maximum Gasteiger partial charge on any atom is 0.220 e. The summed E-state index contributed by atoms with van der Waals surface area (Å²) in [5, 5.41) is 6.28. The van der Waals surface area contributed by atoms with E-state index in [4.69, 9.17) is 4.98 Å². The van der Waals surface area contributed by atoms with Crippen LogP contribution in [0.1, 0.15) is 26.1 Å². The second kappa shape index (κ2) is 8.63. The molecule has 5 heteroatoms. The van der Waals surface area contributed by atoms with Crippen LogP contribution < -0.4 is 10.6 Å². The summed E-state index contributed by atoms with van der Waals surface area (Å²) in [4.78, 5) is 17.0. The lowest BCUT2D eigenvalue weighted by Crippen LogP contribution is -2.38. The van der Waals surface area contributed by atoms with E-state index in [1.54, 1.807) is 0 Å². The molecule has 0 saturated carbocycles. The molecule has 1 amide bonds. The maximum atomic E-state index is 12.2. The van der Waals surface area contributed by atoms with Crippen LogP contribution in [-0.4, -0.2) is 34.6 Å². The van der Waals surface area contributed by atoms with Crippen LogP contribution in [0.4, 0.5) is 0 Å². The van der Waals surface area contributed by atoms with E-state index >= 15 is 0 Å². The molecule has 5 nitrogen and oxygen atoms in total. The van der Waals surface area contributed by atoms with Crippen LogP contribution in [0.3, 0.4) is 0 Å². The number of aromatic nitrogens is 2. The van der Waals surface area contributed by atoms with Gasteiger partial charge in [-0.3, -0.25) is 9.36 Å². The van der Waals surface area contributed by atoms with Crippen molar-refractivity contribution < 1.29 is 4.79 Å². The summed E-state index contributed by atoms with van der Waals surface area (Å²) in [5.74, 6) is 0.966. The van der Waals surface area contributed by atoms with Gasteiger partial charge in [-0.1, -0.05) is 37.3 Å². The Labute approximate surface area is 154 Å². The number of nitrogens with one attached hydrogen (secondary N) is 2. The molecule has 3 aromatic rings. The van der Waals surface area contributed by atoms with Crippen LogP contribution >= 0.6 is 0 Å². The van der Waals surface area contributed by atoms with Crippen molar-refractivity contribution in [2.75, 3.05) is 13.1 Å². The number of hydrogen-bond donors (Lipinski definition) is 2. The first kappa shape index (κ1) is 18.1. The van der Waals surface area contributed by atoms with Crippen molar-refractivity contribution in [1.82, 2.24) is 20.2 Å². The second-order valence-electron chi connectivity index (χ2n) is 6.45. The first-order valence-electron chi connectivity index (χ1n) is 9.21. The molecule has 0 aliphatic heterocycles. The number of aryl methyl sites for hydroxylation is 1. The molecule has 136 valence electrons. The number of rotatable bonds is 8. The third-order valence-corrected chi connectivity index (χ3v) is 4.38. The molecule has 1 aromatic heterocycles. The van der Waals surface area contributed by atoms with Crippen LogP contribution in [0.2, 0.25) is 0 Å². The Bertz CT molecular complexity index is 857. The molecule has 26 heavy (non-hydrogen) atoms. The van der Waals surface area contributed by atoms with Crippen LogP contribution in [-0.2, 0) is 11.2 Å². The fraction of sp³-hybridized carbons (Fsp3) is 0.333. The van der Waals surface area contributed by atoms with Crippen molar-refractivity contribution in [3.8, 4) is 5.69 Å². The number of carbonyl (C=O) groups is 1. The molecule has 1 atom stereocenters. The Morgan fingerprint density at radius 1 is 1.12 bits per heavy atom. The van der Waals surface area contributed by atoms with Crippen molar-refractivity contribution in [2.45, 2.75) is 32.7 Å². The van der Waals surface area contributed by atoms with Gasteiger partial charge >= 0.3 is 0 Å². The fourth-order valence-corrected chi connectivity index (χ4v) is 3.11. The zero-order valence-corrected chi connectivity index (χ0v) is 15.4. The quantitative estimate of drug-likeness (QED) is 0.656. The Morgan fingerprint density at radius 2 is 1.85 bits per heavy atom. The van der Waals surface area contributed by atoms with E-state index < -0.39 is 0 Å². The number of fused-ring (bicyclic) bond motifs is 1. The largest absolute Gasteiger partial charge is 0.355 e. The topological polar surface area (TPSA) is 58.9 Å². The zero-order chi connectivity index (χ0) is 18.4. The van der Waals surface area contributed by atoms with Gasteiger partial charge in [0.15, 0.2) is 0 Å². The summed E-state index contributed by atoms with van der Waals surface area (Å²) >= 11 is 0. The van der Waals surface area contributed by atoms with Gasteiger partial charge in [-0.25, -0.2) is 4.98 Å². The summed E-state index contributed by atoms with van der Waals surface area (Å²) in [7, 11) is 0. The Morgan fingerprint density at radius 3 is 2.62 bits per heavy atom. The highest BCUT2D eigenvalue weighted by molar-refractivity contribution is 5.79. The van der Waals surface area contributed by atoms with E-state index in [1.807, 2.05) is 36.4 Å². The van der Waals surface area contributed by atoms with Gasteiger partial charge in [0.1, 0.15) is 5.82 Å². The third-order valence-electron chi connectivity index (χ3n) is 4.38. The molecule has 0 unspecified atom stereocenters. The highest BCUT2D eigenvalue weighted by atomic mass is 16.1. The zero-order valence-electron chi connectivity index (χ0n) is 15.4. The molecule has 0 bridgehead atoms. The lowest BCUT2D eigenvalue weighted by molar-refractivity contribution is -0.121. The molecule has 2 aromatic carbocycles. The summed E-state index contributed by atoms with van der Waals surface area (Å²) in [5.41, 5.74) is 3.08. The summed E-state index contributed by atoms with van der Waals surface area (Å²) in [6.07, 6.45) is 1.03. The molecule has 3 rings (SSSR count). The van der Waals surface area contributed by atoms with E-state index in [0.29, 0.717) is 19.4 Å². The highest BCUT2D eigenvalue weighted by Gasteiger charge is 2.13. The fourth-order valence-electron chi connectivity index (χ4n) is 3.11. The average Bonchev–Trinajstić information content (AvgIpc) is 3.04. The minimum Gasteiger partial charge on any atom is -0.355 e. The SMILES string of the molecule is CCN[C@H](C)CNC(=O)CCc1nc2ccccc2n1-c1ccccc1. The van der Waals surface area contributed by atoms with Gasteiger partial charge in [-0.05, 0) is 37.7 Å². The number of imidazole rings is 1. The van der Waals surface area contributed by atoms with E-state index in [-0.39, 0.29) is 11.9 Å². The molecule has 0 fully saturated rings. The molecule has 0 aliphatic carbocycles. The lowest BCUT2D eigenvalue weighted by atomic mass is 10.2. The standard InChI is InChI=1S/C21H26N4O/c1-3-22-16(2)15-23-21(26)14-13-20-24-18-11-7-8-12-19(18)25(20)17-9-5-4-6-10-17/h4-12,16,22H,3,13-15H2,1-2H3,(H,23,26)/t16-/m1/s1. The monoisotopic (exact) mass is 350 g/mol. The van der Waals surface area contributed by atoms with Gasteiger partial charge in [0, 0.05) is 31.1 Å². The smallest absolute Gasteiger partial charge is 0.220 e. The third kappa shape index (κ3) is 4.29. The van der Waals surface area contributed by atoms with Crippen molar-refractivity contribution in [1.29, 1.82) is 0 Å². The highest BCUT2D eigenvalue weighted by Crippen LogP contribution is 2.22. The minimum atomic E-state index is 0.0569. The minimum absolute atomic E-state index is 0.0569. The Balaban J connectivity index is 1.75. The van der Waals surface area contributed by atoms with Crippen molar-refractivity contribution in [3.63, 3.8) is 0 Å². The van der Waals surface area contributed by atoms with Gasteiger partial charge in [0.25, 0.3) is 0 Å². The van der Waals surface area contributed by atoms with Gasteiger partial charge in [0.05, 0.1) is 11.0 Å². The number of para-hydroxylation sites is 3. The molecule has 0 saturated heterocycles. The number of carbonyl (C=O) groups excluding carboxylic acids is 1. The Hall–Kier alpha value is -2.66. The molecule has 1 heterocycles. The lowest BCUT2D eigenvalue weighted by Gasteiger charge is -2.13. The molecule has 0 spiro atoms. The molecule has 0 radical (unpaired) electrons. The first-order chi connectivity index (χ1) is 12.7. The summed E-state index contributed by atoms with van der Waals surface area (Å²) in [6, 6.07) is 18.5. The molecular formula is C21H26N4O. The summed E-state index contributed by atoms with van der Waals surface area (Å²) < 4.78 is 2.14. The normalized spacial score (nSPS) is 12.2. The average molecular weight is 350 g/mol. The maximum absolute atomic E-state index is 12.2. The van der Waals surface area contributed by atoms with Gasteiger partial charge in [0.2, 0.25) is 5.91 Å². The Kier molecular flexibility index (Phi) is 6.02. The van der Waals surface area contributed by atoms with Gasteiger partial charge in [-0.2, -0.15) is 0 Å². The van der Waals surface area contributed by atoms with E-state index in [2.05, 4.69) is 47.2 Å². The van der Waals surface area contributed by atoms with E-state index in [1.165, 1.54) is 0 Å². The predicted molar refractivity (Wildman–Crippen MR) is 106 cm³/mol. The number of likely N-dealkylation sites (N-methyl/N-ethyl adjacent to an activating group) is 1. The first-order valence-corrected chi connectivity index (χ1v) is 9.21. The van der Waals surface area contributed by atoms with Crippen LogP contribution in [0.15, 0.2) is 54.6 Å². The van der Waals surface area contributed by atoms with Gasteiger partial charge in [-0.15, -0.1) is 0 Å². The van der Waals surface area contributed by atoms with E-state index in [0.717, 1.165) is 29.1 Å². The molecule has 2 N–H and O–H groups in total. The number of benzene rings is 2. The van der Waals surface area contributed by atoms with Crippen LogP contribution in [0.5, 0.6) is 0 Å². The molecule has 0 aliphatic rings. The predicted octanol–water partition coefficient (Wildman–Crippen LogP) is 3.07. The summed E-state index contributed by atoms with van der Waals surface area (Å²) in [6.45, 7) is 5.67. The van der Waals surface area contributed by atoms with Crippen molar-refractivity contribution in [3.05, 3.63) is 60.4 Å². The number of nitrogens with zero attached hydrogens (tertiary/aromatic N) is 2.